The van der Waals surface area contributed by atoms with E-state index in [1.165, 1.54) is 29.5 Å². The van der Waals surface area contributed by atoms with E-state index in [1.807, 2.05) is 13.8 Å². The third kappa shape index (κ3) is 1.71. The van der Waals surface area contributed by atoms with Gasteiger partial charge in [-0.2, -0.15) is 0 Å². The van der Waals surface area contributed by atoms with Crippen LogP contribution in [-0.2, 0) is 6.42 Å². The molecule has 1 nitrogen and oxygen atoms in total. The van der Waals surface area contributed by atoms with Gasteiger partial charge in [-0.3, -0.25) is 0 Å². The van der Waals surface area contributed by atoms with E-state index in [0.717, 1.165) is 11.1 Å². The van der Waals surface area contributed by atoms with Gasteiger partial charge in [-0.1, -0.05) is 36.4 Å². The Kier molecular flexibility index (Phi) is 2.62. The number of aromatic hydroxyl groups is 1. The molecule has 0 bridgehead atoms. The molecule has 0 spiro atoms. The fraction of sp³-hybridized carbons (Fsp3) is 0.294. The SMILES string of the molecule is Cc1cc(C2CCc3ccccc32)cc(C)c1O. The van der Waals surface area contributed by atoms with Crippen LogP contribution in [0.2, 0.25) is 0 Å². The average Bonchev–Trinajstić information content (AvgIpc) is 2.79. The van der Waals surface area contributed by atoms with E-state index in [0.29, 0.717) is 11.7 Å². The predicted molar refractivity (Wildman–Crippen MR) is 74.2 cm³/mol. The Morgan fingerprint density at radius 3 is 2.44 bits per heavy atom. The highest BCUT2D eigenvalue weighted by atomic mass is 16.3. The summed E-state index contributed by atoms with van der Waals surface area (Å²) in [4.78, 5) is 0. The molecule has 1 aliphatic rings. The Morgan fingerprint density at radius 2 is 1.72 bits per heavy atom. The largest absolute Gasteiger partial charge is 0.507 e. The van der Waals surface area contributed by atoms with E-state index in [-0.39, 0.29) is 0 Å². The lowest BCUT2D eigenvalue weighted by molar-refractivity contribution is 0.466. The molecule has 0 aromatic heterocycles. The number of hydrogen-bond acceptors (Lipinski definition) is 1. The zero-order valence-electron chi connectivity index (χ0n) is 10.9. The van der Waals surface area contributed by atoms with Gasteiger partial charge < -0.3 is 5.11 Å². The normalized spacial score (nSPS) is 17.8. The molecular formula is C17H18O. The predicted octanol–water partition coefficient (Wildman–Crippen LogP) is 4.09. The molecular weight excluding hydrogens is 220 g/mol. The number of phenols is 1. The van der Waals surface area contributed by atoms with E-state index in [9.17, 15) is 5.11 Å². The zero-order valence-corrected chi connectivity index (χ0v) is 10.9. The van der Waals surface area contributed by atoms with Gasteiger partial charge >= 0.3 is 0 Å². The molecule has 0 amide bonds. The van der Waals surface area contributed by atoms with Crippen molar-refractivity contribution in [2.75, 3.05) is 0 Å². The Labute approximate surface area is 108 Å². The topological polar surface area (TPSA) is 20.2 Å². The van der Waals surface area contributed by atoms with E-state index in [2.05, 4.69) is 36.4 Å². The number of hydrogen-bond donors (Lipinski definition) is 1. The van der Waals surface area contributed by atoms with Crippen LogP contribution in [0, 0.1) is 13.8 Å². The second kappa shape index (κ2) is 4.16. The first kappa shape index (κ1) is 11.3. The van der Waals surface area contributed by atoms with Gasteiger partial charge in [0.2, 0.25) is 0 Å². The highest BCUT2D eigenvalue weighted by Gasteiger charge is 2.24. The molecule has 2 aromatic carbocycles. The first-order chi connectivity index (χ1) is 8.66. The fourth-order valence-corrected chi connectivity index (χ4v) is 3.09. The summed E-state index contributed by atoms with van der Waals surface area (Å²) in [5.74, 6) is 0.934. The number of rotatable bonds is 1. The number of aryl methyl sites for hydroxylation is 3. The lowest BCUT2D eigenvalue weighted by atomic mass is 9.90. The summed E-state index contributed by atoms with van der Waals surface area (Å²) in [5, 5.41) is 9.87. The molecule has 0 fully saturated rings. The minimum Gasteiger partial charge on any atom is -0.507 e. The summed E-state index contributed by atoms with van der Waals surface area (Å²) in [6.45, 7) is 3.96. The molecule has 0 saturated heterocycles. The summed E-state index contributed by atoms with van der Waals surface area (Å²) < 4.78 is 0. The van der Waals surface area contributed by atoms with Crippen LogP contribution in [0.1, 0.15) is 40.2 Å². The van der Waals surface area contributed by atoms with Gasteiger partial charge in [0, 0.05) is 5.92 Å². The molecule has 0 heterocycles. The van der Waals surface area contributed by atoms with Gasteiger partial charge in [-0.15, -0.1) is 0 Å². The monoisotopic (exact) mass is 238 g/mol. The van der Waals surface area contributed by atoms with E-state index in [1.54, 1.807) is 0 Å². The van der Waals surface area contributed by atoms with Crippen LogP contribution < -0.4 is 0 Å². The molecule has 1 heteroatoms. The quantitative estimate of drug-likeness (QED) is 0.793. The van der Waals surface area contributed by atoms with Crippen LogP contribution >= 0.6 is 0 Å². The van der Waals surface area contributed by atoms with E-state index >= 15 is 0 Å². The van der Waals surface area contributed by atoms with Crippen molar-refractivity contribution in [2.45, 2.75) is 32.6 Å². The summed E-state index contributed by atoms with van der Waals surface area (Å²) in [6, 6.07) is 13.0. The molecule has 0 saturated carbocycles. The molecule has 1 aliphatic carbocycles. The lowest BCUT2D eigenvalue weighted by Crippen LogP contribution is -1.98. The molecule has 0 aliphatic heterocycles. The molecule has 3 rings (SSSR count). The number of benzene rings is 2. The summed E-state index contributed by atoms with van der Waals surface area (Å²) >= 11 is 0. The summed E-state index contributed by atoms with van der Waals surface area (Å²) in [6.07, 6.45) is 2.35. The molecule has 18 heavy (non-hydrogen) atoms. The second-order valence-corrected chi connectivity index (χ2v) is 5.29. The minimum absolute atomic E-state index is 0.435. The van der Waals surface area contributed by atoms with Crippen molar-refractivity contribution in [3.63, 3.8) is 0 Å². The Hall–Kier alpha value is -1.76. The lowest BCUT2D eigenvalue weighted by Gasteiger charge is -2.15. The van der Waals surface area contributed by atoms with Crippen LogP contribution in [0.5, 0.6) is 5.75 Å². The first-order valence-corrected chi connectivity index (χ1v) is 6.54. The molecule has 1 atom stereocenters. The highest BCUT2D eigenvalue weighted by Crippen LogP contribution is 2.39. The van der Waals surface area contributed by atoms with Crippen molar-refractivity contribution in [2.24, 2.45) is 0 Å². The molecule has 92 valence electrons. The van der Waals surface area contributed by atoms with Crippen LogP contribution in [-0.4, -0.2) is 5.11 Å². The molecule has 1 unspecified atom stereocenters. The molecule has 2 aromatic rings. The third-order valence-electron chi connectivity index (χ3n) is 4.05. The Morgan fingerprint density at radius 1 is 1.06 bits per heavy atom. The van der Waals surface area contributed by atoms with Gasteiger partial charge in [0.1, 0.15) is 5.75 Å². The van der Waals surface area contributed by atoms with Crippen molar-refractivity contribution in [1.29, 1.82) is 0 Å². The van der Waals surface area contributed by atoms with Crippen molar-refractivity contribution >= 4 is 0 Å². The molecule has 0 radical (unpaired) electrons. The average molecular weight is 238 g/mol. The van der Waals surface area contributed by atoms with Crippen molar-refractivity contribution in [1.82, 2.24) is 0 Å². The maximum absolute atomic E-state index is 9.87. The van der Waals surface area contributed by atoms with E-state index in [4.69, 9.17) is 0 Å². The van der Waals surface area contributed by atoms with Gasteiger partial charge in [0.05, 0.1) is 0 Å². The van der Waals surface area contributed by atoms with Crippen LogP contribution in [0.25, 0.3) is 0 Å². The minimum atomic E-state index is 0.435. The zero-order chi connectivity index (χ0) is 12.7. The van der Waals surface area contributed by atoms with Crippen molar-refractivity contribution < 1.29 is 5.11 Å². The smallest absolute Gasteiger partial charge is 0.121 e. The standard InChI is InChI=1S/C17H18O/c1-11-9-14(10-12(2)17(11)18)16-8-7-13-5-3-4-6-15(13)16/h3-6,9-10,16,18H,7-8H2,1-2H3. The highest BCUT2D eigenvalue weighted by molar-refractivity contribution is 5.48. The molecule has 1 N–H and O–H groups in total. The van der Waals surface area contributed by atoms with Crippen LogP contribution in [0.4, 0.5) is 0 Å². The third-order valence-corrected chi connectivity index (χ3v) is 4.05. The summed E-state index contributed by atoms with van der Waals surface area (Å²) in [5.41, 5.74) is 6.24. The van der Waals surface area contributed by atoms with Crippen LogP contribution in [0.15, 0.2) is 36.4 Å². The first-order valence-electron chi connectivity index (χ1n) is 6.54. The van der Waals surface area contributed by atoms with Crippen molar-refractivity contribution in [3.8, 4) is 5.75 Å². The maximum atomic E-state index is 9.87. The Bertz CT molecular complexity index is 575. The van der Waals surface area contributed by atoms with Crippen molar-refractivity contribution in [3.05, 3.63) is 64.2 Å². The van der Waals surface area contributed by atoms with Gasteiger partial charge in [0.25, 0.3) is 0 Å². The Balaban J connectivity index is 2.08. The van der Waals surface area contributed by atoms with Gasteiger partial charge in [-0.05, 0) is 54.5 Å². The number of fused-ring (bicyclic) bond motifs is 1. The van der Waals surface area contributed by atoms with Gasteiger partial charge in [0.15, 0.2) is 0 Å². The van der Waals surface area contributed by atoms with E-state index < -0.39 is 0 Å². The summed E-state index contributed by atoms with van der Waals surface area (Å²) in [7, 11) is 0. The number of phenolic OH excluding ortho intramolecular Hbond substituents is 1. The second-order valence-electron chi connectivity index (χ2n) is 5.29. The van der Waals surface area contributed by atoms with Crippen LogP contribution in [0.3, 0.4) is 0 Å². The maximum Gasteiger partial charge on any atom is 0.121 e. The fourth-order valence-electron chi connectivity index (χ4n) is 3.09. The van der Waals surface area contributed by atoms with Gasteiger partial charge in [-0.25, -0.2) is 0 Å².